The van der Waals surface area contributed by atoms with Crippen LogP contribution >= 0.6 is 0 Å². The average Bonchev–Trinajstić information content (AvgIpc) is 2.65. The lowest BCUT2D eigenvalue weighted by molar-refractivity contribution is -0.118. The molecule has 1 atom stereocenters. The quantitative estimate of drug-likeness (QED) is 0.736. The number of Topliss-reactive ketones (excluding diaryl/α,β-unsaturated/α-hetero) is 1. The summed E-state index contributed by atoms with van der Waals surface area (Å²) in [5.41, 5.74) is 2.44. The van der Waals surface area contributed by atoms with Crippen molar-refractivity contribution in [1.82, 2.24) is 0 Å². The van der Waals surface area contributed by atoms with Crippen LogP contribution in [-0.4, -0.2) is 18.4 Å². The third-order valence-corrected chi connectivity index (χ3v) is 3.06. The first-order chi connectivity index (χ1) is 7.18. The smallest absolute Gasteiger partial charge is 0.152 e. The molecular formula is C13H17NO. The van der Waals surface area contributed by atoms with Gasteiger partial charge in [-0.25, -0.2) is 0 Å². The van der Waals surface area contributed by atoms with Crippen molar-refractivity contribution in [3.05, 3.63) is 29.8 Å². The normalized spacial score (nSPS) is 20.7. The molecule has 15 heavy (non-hydrogen) atoms. The van der Waals surface area contributed by atoms with Gasteiger partial charge < -0.3 is 4.90 Å². The van der Waals surface area contributed by atoms with Crippen LogP contribution in [0.3, 0.4) is 0 Å². The number of ketones is 1. The summed E-state index contributed by atoms with van der Waals surface area (Å²) < 4.78 is 0. The maximum absolute atomic E-state index is 11.5. The SMILES string of the molecule is CC(=O)C1CCCN1c1cccc(C)c1. The number of hydrogen-bond acceptors (Lipinski definition) is 2. The third-order valence-electron chi connectivity index (χ3n) is 3.06. The van der Waals surface area contributed by atoms with Crippen LogP contribution in [0.25, 0.3) is 0 Å². The summed E-state index contributed by atoms with van der Waals surface area (Å²) in [4.78, 5) is 13.7. The van der Waals surface area contributed by atoms with E-state index in [9.17, 15) is 4.79 Å². The zero-order valence-electron chi connectivity index (χ0n) is 9.36. The molecule has 1 aromatic carbocycles. The molecule has 2 heteroatoms. The van der Waals surface area contributed by atoms with E-state index < -0.39 is 0 Å². The maximum atomic E-state index is 11.5. The molecule has 0 saturated carbocycles. The van der Waals surface area contributed by atoms with E-state index in [1.54, 1.807) is 6.92 Å². The predicted octanol–water partition coefficient (Wildman–Crippen LogP) is 2.55. The number of hydrogen-bond donors (Lipinski definition) is 0. The third kappa shape index (κ3) is 2.04. The summed E-state index contributed by atoms with van der Waals surface area (Å²) in [5, 5.41) is 0. The van der Waals surface area contributed by atoms with Crippen LogP contribution in [0.15, 0.2) is 24.3 Å². The lowest BCUT2D eigenvalue weighted by atomic mass is 10.1. The molecule has 80 valence electrons. The fourth-order valence-corrected chi connectivity index (χ4v) is 2.31. The molecule has 1 aliphatic heterocycles. The summed E-state index contributed by atoms with van der Waals surface area (Å²) >= 11 is 0. The van der Waals surface area contributed by atoms with Crippen molar-refractivity contribution in [2.75, 3.05) is 11.4 Å². The number of aryl methyl sites for hydroxylation is 1. The molecule has 1 fully saturated rings. The number of benzene rings is 1. The first kappa shape index (κ1) is 10.2. The lowest BCUT2D eigenvalue weighted by Gasteiger charge is -2.25. The predicted molar refractivity (Wildman–Crippen MR) is 62.2 cm³/mol. The van der Waals surface area contributed by atoms with E-state index >= 15 is 0 Å². The van der Waals surface area contributed by atoms with E-state index in [1.807, 2.05) is 0 Å². The van der Waals surface area contributed by atoms with Crippen molar-refractivity contribution in [2.45, 2.75) is 32.7 Å². The monoisotopic (exact) mass is 203 g/mol. The molecule has 1 aliphatic rings. The molecule has 0 radical (unpaired) electrons. The molecule has 2 nitrogen and oxygen atoms in total. The van der Waals surface area contributed by atoms with Gasteiger partial charge in [0, 0.05) is 12.2 Å². The Kier molecular flexibility index (Phi) is 2.76. The number of rotatable bonds is 2. The largest absolute Gasteiger partial charge is 0.361 e. The van der Waals surface area contributed by atoms with Crippen LogP contribution in [0.2, 0.25) is 0 Å². The molecule has 0 bridgehead atoms. The number of carbonyl (C=O) groups excluding carboxylic acids is 1. The van der Waals surface area contributed by atoms with Crippen molar-refractivity contribution in [2.24, 2.45) is 0 Å². The minimum atomic E-state index is 0.104. The minimum Gasteiger partial charge on any atom is -0.361 e. The van der Waals surface area contributed by atoms with Gasteiger partial charge in [0.05, 0.1) is 6.04 Å². The Labute approximate surface area is 90.9 Å². The van der Waals surface area contributed by atoms with Gasteiger partial charge in [0.2, 0.25) is 0 Å². The van der Waals surface area contributed by atoms with Crippen molar-refractivity contribution in [1.29, 1.82) is 0 Å². The van der Waals surface area contributed by atoms with E-state index in [4.69, 9.17) is 0 Å². The summed E-state index contributed by atoms with van der Waals surface area (Å²) in [7, 11) is 0. The van der Waals surface area contributed by atoms with Crippen molar-refractivity contribution < 1.29 is 4.79 Å². The highest BCUT2D eigenvalue weighted by atomic mass is 16.1. The molecule has 0 aliphatic carbocycles. The first-order valence-corrected chi connectivity index (χ1v) is 5.52. The van der Waals surface area contributed by atoms with Gasteiger partial charge in [-0.15, -0.1) is 0 Å². The zero-order valence-corrected chi connectivity index (χ0v) is 9.36. The highest BCUT2D eigenvalue weighted by molar-refractivity contribution is 5.85. The lowest BCUT2D eigenvalue weighted by Crippen LogP contribution is -2.34. The van der Waals surface area contributed by atoms with Gasteiger partial charge >= 0.3 is 0 Å². The van der Waals surface area contributed by atoms with E-state index in [0.29, 0.717) is 0 Å². The number of nitrogens with zero attached hydrogens (tertiary/aromatic N) is 1. The fraction of sp³-hybridized carbons (Fsp3) is 0.462. The molecule has 1 saturated heterocycles. The van der Waals surface area contributed by atoms with Crippen LogP contribution < -0.4 is 4.90 Å². The molecule has 0 spiro atoms. The summed E-state index contributed by atoms with van der Waals surface area (Å²) in [5.74, 6) is 0.286. The van der Waals surface area contributed by atoms with E-state index in [2.05, 4.69) is 36.1 Å². The Balaban J connectivity index is 2.26. The second-order valence-electron chi connectivity index (χ2n) is 4.30. The van der Waals surface area contributed by atoms with Gasteiger partial charge in [-0.2, -0.15) is 0 Å². The summed E-state index contributed by atoms with van der Waals surface area (Å²) in [6.07, 6.45) is 2.13. The second-order valence-corrected chi connectivity index (χ2v) is 4.30. The van der Waals surface area contributed by atoms with Gasteiger partial charge in [-0.05, 0) is 44.4 Å². The van der Waals surface area contributed by atoms with Gasteiger partial charge in [0.1, 0.15) is 0 Å². The van der Waals surface area contributed by atoms with Crippen LogP contribution in [0.1, 0.15) is 25.3 Å². The standard InChI is InChI=1S/C13H17NO/c1-10-5-3-6-12(9-10)14-8-4-7-13(14)11(2)15/h3,5-6,9,13H,4,7-8H2,1-2H3. The van der Waals surface area contributed by atoms with Gasteiger partial charge in [0.15, 0.2) is 5.78 Å². The topological polar surface area (TPSA) is 20.3 Å². The van der Waals surface area contributed by atoms with Crippen molar-refractivity contribution in [3.8, 4) is 0 Å². The highest BCUT2D eigenvalue weighted by Gasteiger charge is 2.27. The fourth-order valence-electron chi connectivity index (χ4n) is 2.31. The van der Waals surface area contributed by atoms with Gasteiger partial charge in [0.25, 0.3) is 0 Å². The van der Waals surface area contributed by atoms with Crippen LogP contribution in [0.5, 0.6) is 0 Å². The van der Waals surface area contributed by atoms with Crippen molar-refractivity contribution >= 4 is 11.5 Å². The number of carbonyl (C=O) groups is 1. The Morgan fingerprint density at radius 1 is 1.47 bits per heavy atom. The molecule has 0 aromatic heterocycles. The molecule has 2 rings (SSSR count). The Bertz CT molecular complexity index is 373. The van der Waals surface area contributed by atoms with Crippen LogP contribution in [0, 0.1) is 6.92 Å². The highest BCUT2D eigenvalue weighted by Crippen LogP contribution is 2.26. The Morgan fingerprint density at radius 2 is 2.27 bits per heavy atom. The van der Waals surface area contributed by atoms with E-state index in [-0.39, 0.29) is 11.8 Å². The van der Waals surface area contributed by atoms with Gasteiger partial charge in [-0.1, -0.05) is 12.1 Å². The second kappa shape index (κ2) is 4.05. The molecule has 1 heterocycles. The average molecular weight is 203 g/mol. The van der Waals surface area contributed by atoms with E-state index in [0.717, 1.165) is 19.4 Å². The number of anilines is 1. The van der Waals surface area contributed by atoms with E-state index in [1.165, 1.54) is 11.3 Å². The molecule has 0 N–H and O–H groups in total. The summed E-state index contributed by atoms with van der Waals surface area (Å²) in [6.45, 7) is 4.79. The molecule has 1 unspecified atom stereocenters. The Hall–Kier alpha value is -1.31. The van der Waals surface area contributed by atoms with Crippen molar-refractivity contribution in [3.63, 3.8) is 0 Å². The Morgan fingerprint density at radius 3 is 2.93 bits per heavy atom. The van der Waals surface area contributed by atoms with Gasteiger partial charge in [-0.3, -0.25) is 4.79 Å². The minimum absolute atomic E-state index is 0.104. The summed E-state index contributed by atoms with van der Waals surface area (Å²) in [6, 6.07) is 8.49. The maximum Gasteiger partial charge on any atom is 0.152 e. The van der Waals surface area contributed by atoms with Crippen LogP contribution in [0.4, 0.5) is 5.69 Å². The van der Waals surface area contributed by atoms with Crippen LogP contribution in [-0.2, 0) is 4.79 Å². The first-order valence-electron chi connectivity index (χ1n) is 5.52. The molecule has 0 amide bonds. The molecule has 1 aromatic rings. The zero-order chi connectivity index (χ0) is 10.8. The molecular weight excluding hydrogens is 186 g/mol.